The van der Waals surface area contributed by atoms with Crippen LogP contribution in [0.1, 0.15) is 26.3 Å². The molecule has 1 aromatic carbocycles. The molecule has 2 rings (SSSR count). The van der Waals surface area contributed by atoms with Gasteiger partial charge < -0.3 is 25.0 Å². The van der Waals surface area contributed by atoms with Crippen LogP contribution in [0.15, 0.2) is 23.2 Å². The molecule has 0 aliphatic carbocycles. The number of rotatable bonds is 10. The van der Waals surface area contributed by atoms with Crippen molar-refractivity contribution in [3.8, 4) is 11.5 Å². The number of likely N-dealkylation sites (N-methyl/N-ethyl adjacent to an activating group) is 1. The fourth-order valence-corrected chi connectivity index (χ4v) is 3.56. The van der Waals surface area contributed by atoms with Gasteiger partial charge >= 0.3 is 0 Å². The van der Waals surface area contributed by atoms with Gasteiger partial charge in [-0.15, -0.1) is 0 Å². The molecular formula is C22H39N5O2. The average Bonchev–Trinajstić information content (AvgIpc) is 2.77. The summed E-state index contributed by atoms with van der Waals surface area (Å²) >= 11 is 0. The van der Waals surface area contributed by atoms with Crippen molar-refractivity contribution >= 4 is 5.96 Å². The predicted molar refractivity (Wildman–Crippen MR) is 120 cm³/mol. The fourth-order valence-electron chi connectivity index (χ4n) is 3.56. The van der Waals surface area contributed by atoms with Crippen LogP contribution in [0.4, 0.5) is 0 Å². The number of benzene rings is 1. The SMILES string of the molecule is CCNC(=NCC(C)N1CCN(CC)CC1)NCCc1ccc(OC)c(OC)c1. The van der Waals surface area contributed by atoms with Gasteiger partial charge in [0.1, 0.15) is 0 Å². The molecule has 1 atom stereocenters. The van der Waals surface area contributed by atoms with Crippen LogP contribution in [-0.2, 0) is 6.42 Å². The van der Waals surface area contributed by atoms with Crippen molar-refractivity contribution in [3.05, 3.63) is 23.8 Å². The van der Waals surface area contributed by atoms with Gasteiger partial charge in [0.05, 0.1) is 20.8 Å². The smallest absolute Gasteiger partial charge is 0.191 e. The molecule has 0 aromatic heterocycles. The lowest BCUT2D eigenvalue weighted by Crippen LogP contribution is -2.50. The Morgan fingerprint density at radius 1 is 1.07 bits per heavy atom. The maximum absolute atomic E-state index is 5.39. The lowest BCUT2D eigenvalue weighted by Gasteiger charge is -2.37. The van der Waals surface area contributed by atoms with Gasteiger partial charge in [-0.2, -0.15) is 0 Å². The molecule has 1 saturated heterocycles. The highest BCUT2D eigenvalue weighted by Gasteiger charge is 2.19. The lowest BCUT2D eigenvalue weighted by molar-refractivity contribution is 0.109. The van der Waals surface area contributed by atoms with Crippen molar-refractivity contribution < 1.29 is 9.47 Å². The lowest BCUT2D eigenvalue weighted by atomic mass is 10.1. The molecule has 0 radical (unpaired) electrons. The number of aliphatic imine (C=N–C) groups is 1. The summed E-state index contributed by atoms with van der Waals surface area (Å²) in [7, 11) is 3.32. The van der Waals surface area contributed by atoms with Gasteiger partial charge in [0.15, 0.2) is 17.5 Å². The highest BCUT2D eigenvalue weighted by Crippen LogP contribution is 2.27. The summed E-state index contributed by atoms with van der Waals surface area (Å²) in [4.78, 5) is 9.87. The van der Waals surface area contributed by atoms with Crippen molar-refractivity contribution in [3.63, 3.8) is 0 Å². The maximum atomic E-state index is 5.39. The average molecular weight is 406 g/mol. The Labute approximate surface area is 176 Å². The first-order valence-corrected chi connectivity index (χ1v) is 10.8. The quantitative estimate of drug-likeness (QED) is 0.457. The van der Waals surface area contributed by atoms with E-state index in [9.17, 15) is 0 Å². The monoisotopic (exact) mass is 405 g/mol. The maximum Gasteiger partial charge on any atom is 0.191 e. The minimum Gasteiger partial charge on any atom is -0.493 e. The molecule has 2 N–H and O–H groups in total. The van der Waals surface area contributed by atoms with Gasteiger partial charge in [0, 0.05) is 45.3 Å². The number of piperazine rings is 1. The van der Waals surface area contributed by atoms with Crippen molar-refractivity contribution in [2.75, 3.05) is 66.6 Å². The summed E-state index contributed by atoms with van der Waals surface area (Å²) in [5, 5.41) is 6.80. The van der Waals surface area contributed by atoms with Crippen LogP contribution in [0.2, 0.25) is 0 Å². The van der Waals surface area contributed by atoms with E-state index >= 15 is 0 Å². The molecule has 0 bridgehead atoms. The second-order valence-corrected chi connectivity index (χ2v) is 7.40. The number of methoxy groups -OCH3 is 2. The van der Waals surface area contributed by atoms with E-state index in [0.717, 1.165) is 76.2 Å². The summed E-state index contributed by atoms with van der Waals surface area (Å²) in [6, 6.07) is 6.51. The molecule has 29 heavy (non-hydrogen) atoms. The van der Waals surface area contributed by atoms with Gasteiger partial charge in [0.25, 0.3) is 0 Å². The van der Waals surface area contributed by atoms with Gasteiger partial charge in [-0.25, -0.2) is 0 Å². The summed E-state index contributed by atoms with van der Waals surface area (Å²) in [6.45, 7) is 14.8. The Morgan fingerprint density at radius 3 is 2.41 bits per heavy atom. The van der Waals surface area contributed by atoms with Crippen molar-refractivity contribution in [2.24, 2.45) is 4.99 Å². The van der Waals surface area contributed by atoms with E-state index in [1.165, 1.54) is 5.56 Å². The number of guanidine groups is 1. The van der Waals surface area contributed by atoms with E-state index in [1.807, 2.05) is 12.1 Å². The number of nitrogens with zero attached hydrogens (tertiary/aromatic N) is 3. The van der Waals surface area contributed by atoms with Crippen LogP contribution < -0.4 is 20.1 Å². The number of hydrogen-bond donors (Lipinski definition) is 2. The highest BCUT2D eigenvalue weighted by atomic mass is 16.5. The zero-order valence-corrected chi connectivity index (χ0v) is 18.8. The van der Waals surface area contributed by atoms with E-state index in [4.69, 9.17) is 14.5 Å². The van der Waals surface area contributed by atoms with Gasteiger partial charge in [-0.3, -0.25) is 9.89 Å². The van der Waals surface area contributed by atoms with Crippen LogP contribution >= 0.6 is 0 Å². The molecule has 1 unspecified atom stereocenters. The largest absolute Gasteiger partial charge is 0.493 e. The standard InChI is InChI=1S/C22H39N5O2/c1-6-23-22(25-17-18(3)27-14-12-26(7-2)13-15-27)24-11-10-19-8-9-20(28-4)21(16-19)29-5/h8-9,16,18H,6-7,10-15,17H2,1-5H3,(H2,23,24,25). The molecule has 1 fully saturated rings. The molecule has 1 aliphatic rings. The van der Waals surface area contributed by atoms with E-state index in [2.05, 4.69) is 47.3 Å². The predicted octanol–water partition coefficient (Wildman–Crippen LogP) is 1.83. The number of hydrogen-bond acceptors (Lipinski definition) is 5. The summed E-state index contributed by atoms with van der Waals surface area (Å²) in [5.41, 5.74) is 1.20. The molecule has 1 heterocycles. The van der Waals surface area contributed by atoms with Crippen LogP contribution in [0.3, 0.4) is 0 Å². The Hall–Kier alpha value is -1.99. The molecule has 1 aliphatic heterocycles. The third kappa shape index (κ3) is 7.40. The molecule has 0 spiro atoms. The minimum atomic E-state index is 0.454. The Bertz CT molecular complexity index is 630. The second kappa shape index (κ2) is 12.5. The molecule has 1 aromatic rings. The number of ether oxygens (including phenoxy) is 2. The van der Waals surface area contributed by atoms with Gasteiger partial charge in [-0.05, 0) is 44.5 Å². The second-order valence-electron chi connectivity index (χ2n) is 7.40. The van der Waals surface area contributed by atoms with Crippen LogP contribution in [0, 0.1) is 0 Å². The zero-order valence-electron chi connectivity index (χ0n) is 18.8. The Morgan fingerprint density at radius 2 is 1.79 bits per heavy atom. The van der Waals surface area contributed by atoms with Crippen molar-refractivity contribution in [2.45, 2.75) is 33.2 Å². The van der Waals surface area contributed by atoms with Crippen LogP contribution in [0.25, 0.3) is 0 Å². The summed E-state index contributed by atoms with van der Waals surface area (Å²) in [5.74, 6) is 2.41. The first kappa shape index (κ1) is 23.3. The molecule has 7 nitrogen and oxygen atoms in total. The third-order valence-electron chi connectivity index (χ3n) is 5.49. The summed E-state index contributed by atoms with van der Waals surface area (Å²) in [6.07, 6.45) is 0.888. The highest BCUT2D eigenvalue weighted by molar-refractivity contribution is 5.79. The number of nitrogens with one attached hydrogen (secondary N) is 2. The van der Waals surface area contributed by atoms with Crippen molar-refractivity contribution in [1.82, 2.24) is 20.4 Å². The Balaban J connectivity index is 1.83. The first-order chi connectivity index (χ1) is 14.1. The van der Waals surface area contributed by atoms with Crippen molar-refractivity contribution in [1.29, 1.82) is 0 Å². The van der Waals surface area contributed by atoms with Gasteiger partial charge in [-0.1, -0.05) is 13.0 Å². The van der Waals surface area contributed by atoms with E-state index in [0.29, 0.717) is 6.04 Å². The van der Waals surface area contributed by atoms with Crippen LogP contribution in [0.5, 0.6) is 11.5 Å². The molecule has 0 saturated carbocycles. The zero-order chi connectivity index (χ0) is 21.1. The molecule has 7 heteroatoms. The Kier molecular flexibility index (Phi) is 10.1. The van der Waals surface area contributed by atoms with Crippen LogP contribution in [-0.4, -0.2) is 88.4 Å². The fraction of sp³-hybridized carbons (Fsp3) is 0.682. The summed E-state index contributed by atoms with van der Waals surface area (Å²) < 4.78 is 10.7. The molecule has 164 valence electrons. The minimum absolute atomic E-state index is 0.454. The van der Waals surface area contributed by atoms with Gasteiger partial charge in [0.2, 0.25) is 0 Å². The topological polar surface area (TPSA) is 61.4 Å². The molecular weight excluding hydrogens is 366 g/mol. The third-order valence-corrected chi connectivity index (χ3v) is 5.49. The normalized spacial score (nSPS) is 17.1. The van der Waals surface area contributed by atoms with E-state index in [-0.39, 0.29) is 0 Å². The first-order valence-electron chi connectivity index (χ1n) is 10.8. The van der Waals surface area contributed by atoms with E-state index < -0.39 is 0 Å². The molecule has 0 amide bonds. The van der Waals surface area contributed by atoms with E-state index in [1.54, 1.807) is 14.2 Å².